The monoisotopic (exact) mass is 367 g/mol. The fraction of sp³-hybridized carbons (Fsp3) is 0.895. The Labute approximate surface area is 158 Å². The maximum absolute atomic E-state index is 12.2. The first-order chi connectivity index (χ1) is 12.3. The Bertz CT molecular complexity index is 489. The van der Waals surface area contributed by atoms with Gasteiger partial charge in [0.25, 0.3) is 0 Å². The summed E-state index contributed by atoms with van der Waals surface area (Å²) < 4.78 is 5.48. The number of aliphatic imine (C=N–C) groups is 1. The van der Waals surface area contributed by atoms with Crippen LogP contribution in [0.15, 0.2) is 4.99 Å². The molecule has 2 unspecified atom stereocenters. The number of amides is 1. The summed E-state index contributed by atoms with van der Waals surface area (Å²) in [6.45, 7) is 13.1. The van der Waals surface area contributed by atoms with Crippen LogP contribution in [0.1, 0.15) is 53.4 Å². The molecule has 2 aliphatic heterocycles. The standard InChI is InChI=1S/C19H37N5O2/c1-5-23-10-7-9-16(23)13-22-17(20)21-12-15-8-6-11-24(14-15)18(25)26-19(2,3)4/h15-16H,5-14H2,1-4H3,(H3,20,21,22). The summed E-state index contributed by atoms with van der Waals surface area (Å²) in [5, 5.41) is 3.27. The molecule has 0 bridgehead atoms. The number of carbonyl (C=O) groups excluding carboxylic acids is 1. The molecule has 2 atom stereocenters. The predicted octanol–water partition coefficient (Wildman–Crippen LogP) is 2.02. The number of nitrogens with two attached hydrogens (primary N) is 1. The SMILES string of the molecule is CCN1CCCC1CNC(N)=NCC1CCCN(C(=O)OC(C)(C)C)C1. The normalized spacial score (nSPS) is 25.4. The molecule has 7 heteroatoms. The number of piperidine rings is 1. The molecule has 2 rings (SSSR count). The zero-order chi connectivity index (χ0) is 19.2. The maximum Gasteiger partial charge on any atom is 0.410 e. The number of ether oxygens (including phenoxy) is 1. The van der Waals surface area contributed by atoms with Crippen molar-refractivity contribution in [1.82, 2.24) is 15.1 Å². The summed E-state index contributed by atoms with van der Waals surface area (Å²) in [6, 6.07) is 0.561. The number of hydrogen-bond donors (Lipinski definition) is 2. The van der Waals surface area contributed by atoms with Gasteiger partial charge in [0, 0.05) is 32.2 Å². The average molecular weight is 368 g/mol. The molecule has 0 aliphatic carbocycles. The summed E-state index contributed by atoms with van der Waals surface area (Å²) >= 11 is 0. The molecule has 2 saturated heterocycles. The van der Waals surface area contributed by atoms with Crippen LogP contribution in [0.2, 0.25) is 0 Å². The summed E-state index contributed by atoms with van der Waals surface area (Å²) in [7, 11) is 0. The van der Waals surface area contributed by atoms with E-state index in [0.29, 0.717) is 31.0 Å². The van der Waals surface area contributed by atoms with E-state index in [-0.39, 0.29) is 6.09 Å². The minimum atomic E-state index is -0.455. The first-order valence-corrected chi connectivity index (χ1v) is 10.0. The number of rotatable bonds is 5. The Morgan fingerprint density at radius 2 is 2.00 bits per heavy atom. The molecule has 26 heavy (non-hydrogen) atoms. The fourth-order valence-corrected chi connectivity index (χ4v) is 3.75. The second kappa shape index (κ2) is 9.44. The number of likely N-dealkylation sites (tertiary alicyclic amines) is 2. The first-order valence-electron chi connectivity index (χ1n) is 10.0. The largest absolute Gasteiger partial charge is 0.444 e. The van der Waals surface area contributed by atoms with E-state index in [1.54, 1.807) is 4.90 Å². The second-order valence-electron chi connectivity index (χ2n) is 8.47. The predicted molar refractivity (Wildman–Crippen MR) is 105 cm³/mol. The molecule has 0 aromatic heterocycles. The number of hydrogen-bond acceptors (Lipinski definition) is 4. The van der Waals surface area contributed by atoms with Gasteiger partial charge in [-0.15, -0.1) is 0 Å². The van der Waals surface area contributed by atoms with Crippen LogP contribution in [-0.4, -0.2) is 72.8 Å². The zero-order valence-electron chi connectivity index (χ0n) is 17.0. The van der Waals surface area contributed by atoms with Gasteiger partial charge >= 0.3 is 6.09 Å². The van der Waals surface area contributed by atoms with Crippen molar-refractivity contribution in [2.45, 2.75) is 65.0 Å². The van der Waals surface area contributed by atoms with Gasteiger partial charge in [-0.05, 0) is 65.5 Å². The van der Waals surface area contributed by atoms with E-state index in [1.165, 1.54) is 19.4 Å². The molecule has 1 amide bonds. The summed E-state index contributed by atoms with van der Waals surface area (Å²) in [6.07, 6.45) is 4.32. The third-order valence-electron chi connectivity index (χ3n) is 5.11. The second-order valence-corrected chi connectivity index (χ2v) is 8.47. The van der Waals surface area contributed by atoms with E-state index in [9.17, 15) is 4.79 Å². The highest BCUT2D eigenvalue weighted by Crippen LogP contribution is 2.19. The highest BCUT2D eigenvalue weighted by Gasteiger charge is 2.27. The van der Waals surface area contributed by atoms with Crippen LogP contribution in [0.4, 0.5) is 4.79 Å². The van der Waals surface area contributed by atoms with Gasteiger partial charge in [0.2, 0.25) is 0 Å². The Morgan fingerprint density at radius 1 is 1.27 bits per heavy atom. The van der Waals surface area contributed by atoms with Crippen LogP contribution in [0.3, 0.4) is 0 Å². The molecule has 3 N–H and O–H groups in total. The third kappa shape index (κ3) is 6.67. The number of nitrogens with zero attached hydrogens (tertiary/aromatic N) is 3. The van der Waals surface area contributed by atoms with Gasteiger partial charge in [0.15, 0.2) is 5.96 Å². The van der Waals surface area contributed by atoms with Gasteiger partial charge in [-0.1, -0.05) is 6.92 Å². The Morgan fingerprint density at radius 3 is 2.69 bits per heavy atom. The van der Waals surface area contributed by atoms with E-state index in [0.717, 1.165) is 32.5 Å². The van der Waals surface area contributed by atoms with Gasteiger partial charge in [-0.25, -0.2) is 4.79 Å². The molecule has 2 fully saturated rings. The molecule has 150 valence electrons. The Hall–Kier alpha value is -1.50. The van der Waals surface area contributed by atoms with Crippen molar-refractivity contribution < 1.29 is 9.53 Å². The van der Waals surface area contributed by atoms with Gasteiger partial charge in [0.1, 0.15) is 5.60 Å². The smallest absolute Gasteiger partial charge is 0.410 e. The molecule has 0 radical (unpaired) electrons. The van der Waals surface area contributed by atoms with E-state index in [4.69, 9.17) is 10.5 Å². The lowest BCUT2D eigenvalue weighted by Crippen LogP contribution is -2.44. The number of likely N-dealkylation sites (N-methyl/N-ethyl adjacent to an activating group) is 1. The van der Waals surface area contributed by atoms with Crippen molar-refractivity contribution in [1.29, 1.82) is 0 Å². The van der Waals surface area contributed by atoms with Crippen LogP contribution in [0.5, 0.6) is 0 Å². The first kappa shape index (κ1) is 20.8. The summed E-state index contributed by atoms with van der Waals surface area (Å²) in [4.78, 5) is 21.0. The maximum atomic E-state index is 12.2. The molecular weight excluding hydrogens is 330 g/mol. The quantitative estimate of drug-likeness (QED) is 0.574. The van der Waals surface area contributed by atoms with Crippen LogP contribution >= 0.6 is 0 Å². The lowest BCUT2D eigenvalue weighted by Gasteiger charge is -2.33. The molecule has 0 spiro atoms. The van der Waals surface area contributed by atoms with Crippen molar-refractivity contribution in [2.24, 2.45) is 16.6 Å². The van der Waals surface area contributed by atoms with Gasteiger partial charge in [0.05, 0.1) is 0 Å². The van der Waals surface area contributed by atoms with Crippen molar-refractivity contribution in [3.05, 3.63) is 0 Å². The topological polar surface area (TPSA) is 83.2 Å². The van der Waals surface area contributed by atoms with E-state index >= 15 is 0 Å². The highest BCUT2D eigenvalue weighted by molar-refractivity contribution is 5.77. The Balaban J connectivity index is 1.75. The highest BCUT2D eigenvalue weighted by atomic mass is 16.6. The van der Waals surface area contributed by atoms with Crippen molar-refractivity contribution in [3.63, 3.8) is 0 Å². The van der Waals surface area contributed by atoms with E-state index in [1.807, 2.05) is 20.8 Å². The minimum Gasteiger partial charge on any atom is -0.444 e. The molecule has 0 aromatic rings. The van der Waals surface area contributed by atoms with Crippen molar-refractivity contribution in [2.75, 3.05) is 39.3 Å². The molecule has 0 aromatic carbocycles. The van der Waals surface area contributed by atoms with Crippen LogP contribution in [0, 0.1) is 5.92 Å². The van der Waals surface area contributed by atoms with Crippen LogP contribution in [-0.2, 0) is 4.74 Å². The summed E-state index contributed by atoms with van der Waals surface area (Å²) in [5.41, 5.74) is 5.59. The van der Waals surface area contributed by atoms with Gasteiger partial charge in [-0.2, -0.15) is 0 Å². The third-order valence-corrected chi connectivity index (χ3v) is 5.11. The molecule has 2 heterocycles. The van der Waals surface area contributed by atoms with Gasteiger partial charge < -0.3 is 20.7 Å². The minimum absolute atomic E-state index is 0.224. The summed E-state index contributed by atoms with van der Waals surface area (Å²) in [5.74, 6) is 0.859. The fourth-order valence-electron chi connectivity index (χ4n) is 3.75. The van der Waals surface area contributed by atoms with Crippen molar-refractivity contribution >= 4 is 12.1 Å². The molecular formula is C19H37N5O2. The van der Waals surface area contributed by atoms with Crippen LogP contribution < -0.4 is 11.1 Å². The number of guanidine groups is 1. The number of nitrogens with one attached hydrogen (secondary N) is 1. The average Bonchev–Trinajstić information content (AvgIpc) is 3.04. The lowest BCUT2D eigenvalue weighted by molar-refractivity contribution is 0.0171. The van der Waals surface area contributed by atoms with Gasteiger partial charge in [-0.3, -0.25) is 9.89 Å². The van der Waals surface area contributed by atoms with E-state index in [2.05, 4.69) is 22.1 Å². The molecule has 2 aliphatic rings. The van der Waals surface area contributed by atoms with Crippen LogP contribution in [0.25, 0.3) is 0 Å². The lowest BCUT2D eigenvalue weighted by atomic mass is 9.98. The Kier molecular flexibility index (Phi) is 7.55. The van der Waals surface area contributed by atoms with E-state index < -0.39 is 5.60 Å². The molecule has 7 nitrogen and oxygen atoms in total. The molecule has 0 saturated carbocycles. The zero-order valence-corrected chi connectivity index (χ0v) is 17.0. The van der Waals surface area contributed by atoms with Crippen molar-refractivity contribution in [3.8, 4) is 0 Å². The number of carbonyl (C=O) groups is 1.